The van der Waals surface area contributed by atoms with Crippen molar-refractivity contribution in [3.05, 3.63) is 57.6 Å². The minimum Gasteiger partial charge on any atom is -0.506 e. The lowest BCUT2D eigenvalue weighted by Crippen LogP contribution is -2.46. The minimum absolute atomic E-state index is 0.0905. The molecule has 3 aromatic rings. The lowest BCUT2D eigenvalue weighted by Gasteiger charge is -2.42. The largest absolute Gasteiger partial charge is 0.506 e. The van der Waals surface area contributed by atoms with Crippen LogP contribution in [0.25, 0.3) is 0 Å². The molecule has 0 aliphatic carbocycles. The van der Waals surface area contributed by atoms with E-state index in [4.69, 9.17) is 16.6 Å². The van der Waals surface area contributed by atoms with E-state index < -0.39 is 0 Å². The number of phenolic OH excluding ortho intramolecular Hbond substituents is 1. The van der Waals surface area contributed by atoms with Gasteiger partial charge in [-0.25, -0.2) is 4.98 Å². The standard InChI is InChI=1S/C33H44ClN5OS/c1-22(2)18-38-15-12-25-28(19-38)41-31(36-25)35-24-8-6-7-9-26(24)39-21-33(29-23(34)10-11-27(40)30(29)39)13-16-37(17-14-33)20-32(3,4)5/h6-11,22,40H,12-21H2,1-5H3,(H,35,36). The van der Waals surface area contributed by atoms with Crippen molar-refractivity contribution in [3.8, 4) is 5.75 Å². The molecule has 3 aliphatic rings. The third-order valence-electron chi connectivity index (χ3n) is 8.75. The average molecular weight is 594 g/mol. The highest BCUT2D eigenvalue weighted by atomic mass is 35.5. The second-order valence-corrected chi connectivity index (χ2v) is 15.4. The summed E-state index contributed by atoms with van der Waals surface area (Å²) < 4.78 is 0. The van der Waals surface area contributed by atoms with Crippen molar-refractivity contribution in [2.45, 2.75) is 65.8 Å². The molecule has 1 spiro atoms. The Labute approximate surface area is 254 Å². The van der Waals surface area contributed by atoms with Crippen molar-refractivity contribution in [1.29, 1.82) is 0 Å². The Morgan fingerprint density at radius 1 is 1.07 bits per heavy atom. The number of phenols is 1. The molecule has 0 bridgehead atoms. The Hall–Kier alpha value is -2.32. The molecule has 1 saturated heterocycles. The van der Waals surface area contributed by atoms with Crippen LogP contribution in [0, 0.1) is 11.3 Å². The first-order chi connectivity index (χ1) is 19.5. The first-order valence-corrected chi connectivity index (χ1v) is 16.3. The quantitative estimate of drug-likeness (QED) is 0.304. The van der Waals surface area contributed by atoms with Gasteiger partial charge in [0.15, 0.2) is 5.13 Å². The molecule has 2 aromatic carbocycles. The number of hydrogen-bond donors (Lipinski definition) is 2. The summed E-state index contributed by atoms with van der Waals surface area (Å²) in [6.07, 6.45) is 3.05. The molecule has 0 atom stereocenters. The Morgan fingerprint density at radius 3 is 2.56 bits per heavy atom. The number of aromatic nitrogens is 1. The number of rotatable bonds is 6. The average Bonchev–Trinajstić information content (AvgIpc) is 3.46. The van der Waals surface area contributed by atoms with E-state index in [9.17, 15) is 5.11 Å². The summed E-state index contributed by atoms with van der Waals surface area (Å²) in [7, 11) is 0. The monoisotopic (exact) mass is 593 g/mol. The number of benzene rings is 2. The van der Waals surface area contributed by atoms with Gasteiger partial charge in [-0.2, -0.15) is 0 Å². The molecule has 6 rings (SSSR count). The number of para-hydroxylation sites is 2. The van der Waals surface area contributed by atoms with Gasteiger partial charge in [0.05, 0.1) is 22.8 Å². The molecular weight excluding hydrogens is 550 g/mol. The summed E-state index contributed by atoms with van der Waals surface area (Å²) in [5, 5.41) is 16.6. The van der Waals surface area contributed by atoms with E-state index in [0.29, 0.717) is 11.7 Å². The van der Waals surface area contributed by atoms with Crippen molar-refractivity contribution >= 4 is 45.1 Å². The van der Waals surface area contributed by atoms with Gasteiger partial charge in [0, 0.05) is 60.0 Å². The molecule has 2 N–H and O–H groups in total. The van der Waals surface area contributed by atoms with Crippen LogP contribution in [-0.4, -0.2) is 59.2 Å². The molecule has 0 saturated carbocycles. The highest BCUT2D eigenvalue weighted by molar-refractivity contribution is 7.15. The van der Waals surface area contributed by atoms with Crippen molar-refractivity contribution in [2.24, 2.45) is 11.3 Å². The van der Waals surface area contributed by atoms with Gasteiger partial charge in [-0.15, -0.1) is 11.3 Å². The van der Waals surface area contributed by atoms with Crippen LogP contribution in [0.15, 0.2) is 36.4 Å². The zero-order valence-electron chi connectivity index (χ0n) is 25.1. The smallest absolute Gasteiger partial charge is 0.187 e. The summed E-state index contributed by atoms with van der Waals surface area (Å²) in [6, 6.07) is 12.0. The number of halogens is 1. The number of hydrogen-bond acceptors (Lipinski definition) is 7. The van der Waals surface area contributed by atoms with Crippen LogP contribution >= 0.6 is 22.9 Å². The number of likely N-dealkylation sites (tertiary alicyclic amines) is 1. The topological polar surface area (TPSA) is 54.9 Å². The van der Waals surface area contributed by atoms with E-state index in [-0.39, 0.29) is 10.8 Å². The molecule has 1 fully saturated rings. The molecular formula is C33H44ClN5OS. The molecule has 8 heteroatoms. The van der Waals surface area contributed by atoms with Crippen molar-refractivity contribution in [1.82, 2.24) is 14.8 Å². The molecule has 0 unspecified atom stereocenters. The Kier molecular flexibility index (Phi) is 7.77. The van der Waals surface area contributed by atoms with Gasteiger partial charge in [0.25, 0.3) is 0 Å². The Morgan fingerprint density at radius 2 is 1.83 bits per heavy atom. The lowest BCUT2D eigenvalue weighted by molar-refractivity contribution is 0.125. The third-order valence-corrected chi connectivity index (χ3v) is 10.1. The normalized spacial score (nSPS) is 19.1. The summed E-state index contributed by atoms with van der Waals surface area (Å²) in [5.41, 5.74) is 5.43. The molecule has 41 heavy (non-hydrogen) atoms. The lowest BCUT2D eigenvalue weighted by atomic mass is 9.74. The van der Waals surface area contributed by atoms with E-state index in [1.165, 1.54) is 10.6 Å². The number of thiazole rings is 1. The minimum atomic E-state index is -0.0905. The van der Waals surface area contributed by atoms with Crippen molar-refractivity contribution in [2.75, 3.05) is 49.5 Å². The number of fused-ring (bicyclic) bond motifs is 3. The predicted molar refractivity (Wildman–Crippen MR) is 173 cm³/mol. The van der Waals surface area contributed by atoms with Crippen LogP contribution in [0.1, 0.15) is 63.6 Å². The number of anilines is 4. The zero-order chi connectivity index (χ0) is 28.9. The molecule has 6 nitrogen and oxygen atoms in total. The second kappa shape index (κ2) is 11.1. The highest BCUT2D eigenvalue weighted by Gasteiger charge is 2.48. The van der Waals surface area contributed by atoms with Gasteiger partial charge >= 0.3 is 0 Å². The maximum Gasteiger partial charge on any atom is 0.187 e. The van der Waals surface area contributed by atoms with E-state index >= 15 is 0 Å². The van der Waals surface area contributed by atoms with Crippen LogP contribution in [-0.2, 0) is 18.4 Å². The summed E-state index contributed by atoms with van der Waals surface area (Å²) >= 11 is 8.72. The highest BCUT2D eigenvalue weighted by Crippen LogP contribution is 2.56. The maximum absolute atomic E-state index is 11.2. The van der Waals surface area contributed by atoms with Crippen LogP contribution in [0.2, 0.25) is 5.02 Å². The first-order valence-electron chi connectivity index (χ1n) is 15.1. The molecule has 0 amide bonds. The first kappa shape index (κ1) is 28.8. The fourth-order valence-corrected chi connectivity index (χ4v) is 8.54. The van der Waals surface area contributed by atoms with Gasteiger partial charge in [-0.1, -0.05) is 58.4 Å². The van der Waals surface area contributed by atoms with Crippen LogP contribution in [0.4, 0.5) is 22.2 Å². The predicted octanol–water partition coefficient (Wildman–Crippen LogP) is 7.79. The molecule has 220 valence electrons. The van der Waals surface area contributed by atoms with E-state index in [1.54, 1.807) is 17.4 Å². The van der Waals surface area contributed by atoms with Gasteiger partial charge in [-0.3, -0.25) is 4.90 Å². The van der Waals surface area contributed by atoms with Crippen molar-refractivity contribution in [3.63, 3.8) is 0 Å². The number of aromatic hydroxyl groups is 1. The fourth-order valence-electron chi connectivity index (χ4n) is 7.12. The molecule has 0 radical (unpaired) electrons. The molecule has 4 heterocycles. The van der Waals surface area contributed by atoms with Gasteiger partial charge in [0.1, 0.15) is 5.75 Å². The van der Waals surface area contributed by atoms with Crippen LogP contribution < -0.4 is 10.2 Å². The number of nitrogens with one attached hydrogen (secondary N) is 1. The van der Waals surface area contributed by atoms with Gasteiger partial charge in [0.2, 0.25) is 0 Å². The third kappa shape index (κ3) is 5.83. The van der Waals surface area contributed by atoms with Gasteiger partial charge < -0.3 is 20.2 Å². The van der Waals surface area contributed by atoms with E-state index in [0.717, 1.165) is 97.9 Å². The van der Waals surface area contributed by atoms with E-state index in [2.05, 4.69) is 78.9 Å². The Bertz CT molecular complexity index is 1410. The van der Waals surface area contributed by atoms with E-state index in [1.807, 2.05) is 6.07 Å². The number of piperidine rings is 1. The van der Waals surface area contributed by atoms with Crippen LogP contribution in [0.3, 0.4) is 0 Å². The fraction of sp³-hybridized carbons (Fsp3) is 0.545. The second-order valence-electron chi connectivity index (χ2n) is 13.9. The number of nitrogens with zero attached hydrogens (tertiary/aromatic N) is 4. The van der Waals surface area contributed by atoms with Crippen LogP contribution in [0.5, 0.6) is 5.75 Å². The Balaban J connectivity index is 1.29. The summed E-state index contributed by atoms with van der Waals surface area (Å²) in [6.45, 7) is 18.6. The van der Waals surface area contributed by atoms with Crippen molar-refractivity contribution < 1.29 is 5.11 Å². The SMILES string of the molecule is CC(C)CN1CCc2nc(Nc3ccccc3N3CC4(CCN(CC(C)(C)C)CC4)c4c(Cl)ccc(O)c43)sc2C1. The summed E-state index contributed by atoms with van der Waals surface area (Å²) in [5.74, 6) is 0.958. The maximum atomic E-state index is 11.2. The molecule has 1 aromatic heterocycles. The summed E-state index contributed by atoms with van der Waals surface area (Å²) in [4.78, 5) is 13.8. The van der Waals surface area contributed by atoms with Gasteiger partial charge in [-0.05, 0) is 61.5 Å². The molecule has 3 aliphatic heterocycles. The zero-order valence-corrected chi connectivity index (χ0v) is 26.7.